The van der Waals surface area contributed by atoms with Gasteiger partial charge in [-0.3, -0.25) is 9.59 Å². The van der Waals surface area contributed by atoms with Gasteiger partial charge in [-0.1, -0.05) is 34.4 Å². The van der Waals surface area contributed by atoms with Crippen LogP contribution >= 0.6 is 23.2 Å². The largest absolute Gasteiger partial charge is 0.487 e. The average Bonchev–Trinajstić information content (AvgIpc) is 3.55. The summed E-state index contributed by atoms with van der Waals surface area (Å²) in [5.41, 5.74) is 0.658. The molecular formula is C24H19Cl2F5N6O4. The quantitative estimate of drug-likeness (QED) is 0.201. The molecule has 3 N–H and O–H groups in total. The predicted octanol–water partition coefficient (Wildman–Crippen LogP) is 5.48. The fraction of sp³-hybridized carbons (Fsp3) is 0.250. The van der Waals surface area contributed by atoms with E-state index >= 15 is 0 Å². The lowest BCUT2D eigenvalue weighted by molar-refractivity contribution is -0.123. The Morgan fingerprint density at radius 1 is 1.12 bits per heavy atom. The Kier molecular flexibility index (Phi) is 8.87. The van der Waals surface area contributed by atoms with Gasteiger partial charge < -0.3 is 29.8 Å². The molecule has 2 heterocycles. The molecule has 0 fully saturated rings. The molecule has 0 bridgehead atoms. The second kappa shape index (κ2) is 12.2. The number of amides is 2. The van der Waals surface area contributed by atoms with Gasteiger partial charge in [-0.2, -0.15) is 13.2 Å². The van der Waals surface area contributed by atoms with Crippen LogP contribution in [0.2, 0.25) is 10.0 Å². The van der Waals surface area contributed by atoms with Gasteiger partial charge in [0, 0.05) is 25.7 Å². The van der Waals surface area contributed by atoms with Gasteiger partial charge in [0.25, 0.3) is 18.2 Å². The lowest BCUT2D eigenvalue weighted by Gasteiger charge is -2.14. The van der Waals surface area contributed by atoms with E-state index in [9.17, 15) is 31.5 Å². The van der Waals surface area contributed by atoms with Crippen LogP contribution in [0.15, 0.2) is 41.1 Å². The highest BCUT2D eigenvalue weighted by Gasteiger charge is 2.29. The van der Waals surface area contributed by atoms with Crippen molar-refractivity contribution < 1.29 is 40.8 Å². The Balaban J connectivity index is 1.64. The molecule has 0 aliphatic carbocycles. The van der Waals surface area contributed by atoms with Gasteiger partial charge in [-0.05, 0) is 17.7 Å². The summed E-state index contributed by atoms with van der Waals surface area (Å²) in [5, 5.41) is 11.0. The van der Waals surface area contributed by atoms with Gasteiger partial charge in [0.15, 0.2) is 0 Å². The Morgan fingerprint density at radius 3 is 2.54 bits per heavy atom. The van der Waals surface area contributed by atoms with Gasteiger partial charge in [-0.15, -0.1) is 0 Å². The number of nitrogens with one attached hydrogen (secondary N) is 3. The Morgan fingerprint density at radius 2 is 1.88 bits per heavy atom. The van der Waals surface area contributed by atoms with Crippen LogP contribution in [-0.2, 0) is 13.6 Å². The SMILES string of the molecule is Cn1c(Nc2c(Cl)ccc(CNC(=O)c3ccno3)c2Cl)nc2cc(C(=O)NCC(F)(F)F)c(OCC(F)F)cc21. The minimum absolute atomic E-state index is 0.00325. The van der Waals surface area contributed by atoms with Gasteiger partial charge in [0.05, 0.1) is 38.5 Å². The molecule has 2 aromatic heterocycles. The van der Waals surface area contributed by atoms with Crippen LogP contribution in [0.25, 0.3) is 11.0 Å². The monoisotopic (exact) mass is 620 g/mol. The van der Waals surface area contributed by atoms with E-state index in [1.54, 1.807) is 18.4 Å². The number of hydrogen-bond acceptors (Lipinski definition) is 7. The first-order valence-corrected chi connectivity index (χ1v) is 12.3. The molecule has 0 aliphatic rings. The maximum atomic E-state index is 12.8. The molecule has 0 radical (unpaired) electrons. The second-order valence-electron chi connectivity index (χ2n) is 8.41. The standard InChI is InChI=1S/C24H19Cl2F5N6O4/c1-37-15-7-17(40-9-18(27)28)12(21(38)33-10-24(29,30)31)6-14(15)35-23(37)36-20-13(25)3-2-11(19(20)26)8-32-22(39)16-4-5-34-41-16/h2-7,18H,8-10H2,1H3,(H,32,39)(H,33,38)(H,35,36). The van der Waals surface area contributed by atoms with Crippen molar-refractivity contribution in [3.8, 4) is 5.75 Å². The van der Waals surface area contributed by atoms with E-state index in [4.69, 9.17) is 32.5 Å². The van der Waals surface area contributed by atoms with E-state index in [0.29, 0.717) is 5.56 Å². The highest BCUT2D eigenvalue weighted by Crippen LogP contribution is 2.37. The number of ether oxygens (including phenoxy) is 1. The summed E-state index contributed by atoms with van der Waals surface area (Å²) in [6.07, 6.45) is -6.29. The number of benzene rings is 2. The number of carbonyl (C=O) groups excluding carboxylic acids is 2. The van der Waals surface area contributed by atoms with Crippen molar-refractivity contribution >= 4 is 57.7 Å². The Labute approximate surface area is 237 Å². The first kappa shape index (κ1) is 29.9. The zero-order valence-electron chi connectivity index (χ0n) is 20.8. The topological polar surface area (TPSA) is 123 Å². The summed E-state index contributed by atoms with van der Waals surface area (Å²) >= 11 is 12.9. The Bertz CT molecular complexity index is 1580. The summed E-state index contributed by atoms with van der Waals surface area (Å²) in [7, 11) is 1.54. The second-order valence-corrected chi connectivity index (χ2v) is 9.20. The molecule has 0 saturated carbocycles. The summed E-state index contributed by atoms with van der Waals surface area (Å²) in [6.45, 7) is -2.74. The number of hydrogen-bond donors (Lipinski definition) is 3. The fourth-order valence-corrected chi connectivity index (χ4v) is 4.14. The number of carbonyl (C=O) groups is 2. The predicted molar refractivity (Wildman–Crippen MR) is 138 cm³/mol. The summed E-state index contributed by atoms with van der Waals surface area (Å²) in [4.78, 5) is 29.0. The third-order valence-corrected chi connectivity index (χ3v) is 6.30. The number of alkyl halides is 5. The van der Waals surface area contributed by atoms with Crippen LogP contribution in [0, 0.1) is 0 Å². The van der Waals surface area contributed by atoms with E-state index in [-0.39, 0.29) is 50.8 Å². The van der Waals surface area contributed by atoms with Crippen LogP contribution < -0.4 is 20.7 Å². The molecule has 0 saturated heterocycles. The molecule has 0 unspecified atom stereocenters. The highest BCUT2D eigenvalue weighted by atomic mass is 35.5. The van der Waals surface area contributed by atoms with Gasteiger partial charge in [0.2, 0.25) is 11.7 Å². The normalized spacial score (nSPS) is 11.6. The van der Waals surface area contributed by atoms with Crippen LogP contribution in [0.3, 0.4) is 0 Å². The number of imidazole rings is 1. The van der Waals surface area contributed by atoms with Crippen LogP contribution in [0.5, 0.6) is 5.75 Å². The molecule has 2 aromatic carbocycles. The molecule has 4 aromatic rings. The smallest absolute Gasteiger partial charge is 0.405 e. The van der Waals surface area contributed by atoms with Gasteiger partial charge in [0.1, 0.15) is 18.9 Å². The van der Waals surface area contributed by atoms with Crippen molar-refractivity contribution in [2.24, 2.45) is 7.05 Å². The first-order chi connectivity index (χ1) is 19.3. The molecule has 0 atom stereocenters. The highest BCUT2D eigenvalue weighted by molar-refractivity contribution is 6.39. The summed E-state index contributed by atoms with van der Waals surface area (Å²) in [6, 6.07) is 6.81. The van der Waals surface area contributed by atoms with Crippen LogP contribution in [0.4, 0.5) is 33.6 Å². The number of nitrogens with zero attached hydrogens (tertiary/aromatic N) is 3. The maximum Gasteiger partial charge on any atom is 0.405 e. The van der Waals surface area contributed by atoms with E-state index < -0.39 is 43.1 Å². The summed E-state index contributed by atoms with van der Waals surface area (Å²) in [5.74, 6) is -1.97. The van der Waals surface area contributed by atoms with Crippen molar-refractivity contribution in [2.75, 3.05) is 18.5 Å². The number of anilines is 2. The first-order valence-electron chi connectivity index (χ1n) is 11.5. The van der Waals surface area contributed by atoms with E-state index in [1.807, 2.05) is 0 Å². The molecule has 10 nitrogen and oxygen atoms in total. The number of fused-ring (bicyclic) bond motifs is 1. The van der Waals surface area contributed by atoms with Gasteiger partial charge >= 0.3 is 6.18 Å². The third kappa shape index (κ3) is 7.16. The molecular weight excluding hydrogens is 602 g/mol. The summed E-state index contributed by atoms with van der Waals surface area (Å²) < 4.78 is 74.8. The van der Waals surface area contributed by atoms with E-state index in [1.165, 1.54) is 29.0 Å². The fourth-order valence-electron chi connectivity index (χ4n) is 3.61. The lowest BCUT2D eigenvalue weighted by atomic mass is 10.1. The van der Waals surface area contributed by atoms with Crippen molar-refractivity contribution in [2.45, 2.75) is 19.1 Å². The van der Waals surface area contributed by atoms with Crippen molar-refractivity contribution in [1.82, 2.24) is 25.3 Å². The molecule has 41 heavy (non-hydrogen) atoms. The van der Waals surface area contributed by atoms with E-state index in [2.05, 4.69) is 20.8 Å². The van der Waals surface area contributed by atoms with Crippen molar-refractivity contribution in [3.63, 3.8) is 0 Å². The maximum absolute atomic E-state index is 12.8. The van der Waals surface area contributed by atoms with E-state index in [0.717, 1.165) is 6.07 Å². The minimum atomic E-state index is -4.70. The number of aryl methyl sites for hydroxylation is 1. The van der Waals surface area contributed by atoms with Crippen molar-refractivity contribution in [3.05, 3.63) is 63.5 Å². The third-order valence-electron chi connectivity index (χ3n) is 5.55. The number of halogens is 7. The molecule has 0 spiro atoms. The van der Waals surface area contributed by atoms with Crippen LogP contribution in [0.1, 0.15) is 26.5 Å². The van der Waals surface area contributed by atoms with Crippen LogP contribution in [-0.4, -0.2) is 52.3 Å². The zero-order valence-corrected chi connectivity index (χ0v) is 22.3. The molecule has 17 heteroatoms. The molecule has 4 rings (SSSR count). The zero-order chi connectivity index (χ0) is 29.9. The molecule has 0 aliphatic heterocycles. The number of aromatic nitrogens is 3. The van der Waals surface area contributed by atoms with Crippen molar-refractivity contribution in [1.29, 1.82) is 0 Å². The average molecular weight is 621 g/mol. The van der Waals surface area contributed by atoms with Gasteiger partial charge in [-0.25, -0.2) is 13.8 Å². The molecule has 218 valence electrons. The Hall–Kier alpha value is -4.11. The molecule has 2 amide bonds. The lowest BCUT2D eigenvalue weighted by Crippen LogP contribution is -2.34. The minimum Gasteiger partial charge on any atom is -0.487 e. The number of rotatable bonds is 10.